The van der Waals surface area contributed by atoms with Crippen molar-refractivity contribution in [1.29, 1.82) is 0 Å². The zero-order valence-electron chi connectivity index (χ0n) is 16.9. The van der Waals surface area contributed by atoms with E-state index in [2.05, 4.69) is 46.3 Å². The second kappa shape index (κ2) is 8.52. The average molecular weight is 385 g/mol. The molecule has 6 heteroatoms. The number of carbonyl (C=O) groups is 2. The zero-order chi connectivity index (χ0) is 19.5. The van der Waals surface area contributed by atoms with Gasteiger partial charge in [-0.2, -0.15) is 0 Å². The summed E-state index contributed by atoms with van der Waals surface area (Å²) in [6.45, 7) is 8.71. The van der Waals surface area contributed by atoms with E-state index in [-0.39, 0.29) is 17.7 Å². The van der Waals surface area contributed by atoms with Gasteiger partial charge in [0.05, 0.1) is 5.92 Å². The van der Waals surface area contributed by atoms with Crippen LogP contribution in [0.15, 0.2) is 24.3 Å². The molecule has 3 aliphatic rings. The van der Waals surface area contributed by atoms with Gasteiger partial charge < -0.3 is 15.1 Å². The summed E-state index contributed by atoms with van der Waals surface area (Å²) >= 11 is 0. The lowest BCUT2D eigenvalue weighted by molar-refractivity contribution is -0.129. The Morgan fingerprint density at radius 1 is 1.18 bits per heavy atom. The molecule has 1 saturated carbocycles. The quantitative estimate of drug-likeness (QED) is 0.726. The van der Waals surface area contributed by atoms with Gasteiger partial charge in [-0.3, -0.25) is 14.5 Å². The first-order valence-electron chi connectivity index (χ1n) is 10.7. The van der Waals surface area contributed by atoms with Crippen molar-refractivity contribution in [3.05, 3.63) is 29.8 Å². The van der Waals surface area contributed by atoms with Crippen molar-refractivity contribution in [1.82, 2.24) is 15.1 Å². The summed E-state index contributed by atoms with van der Waals surface area (Å²) in [4.78, 5) is 31.2. The number of piperazine rings is 1. The first-order valence-corrected chi connectivity index (χ1v) is 10.7. The Balaban J connectivity index is 1.12. The lowest BCUT2D eigenvalue weighted by Gasteiger charge is -2.36. The molecule has 0 aromatic heterocycles. The monoisotopic (exact) mass is 384 g/mol. The van der Waals surface area contributed by atoms with E-state index in [1.54, 1.807) is 0 Å². The maximum absolute atomic E-state index is 12.3. The first-order chi connectivity index (χ1) is 13.6. The highest BCUT2D eigenvalue weighted by Crippen LogP contribution is 2.32. The molecule has 1 atom stereocenters. The Labute approximate surface area is 167 Å². The van der Waals surface area contributed by atoms with Crippen LogP contribution in [0.3, 0.4) is 0 Å². The van der Waals surface area contributed by atoms with Gasteiger partial charge in [-0.1, -0.05) is 12.1 Å². The molecule has 0 radical (unpaired) electrons. The van der Waals surface area contributed by atoms with E-state index in [1.165, 1.54) is 11.3 Å². The summed E-state index contributed by atoms with van der Waals surface area (Å²) in [5, 5.41) is 3.05. The standard InChI is InChI=1S/C22H32N4O2/c1-17-4-2-5-20(14-17)25-12-10-24(11-13-25)9-3-8-23-22(28)18-15-21(27)26(16-18)19-6-7-19/h2,4-5,14,18-19H,3,6-13,15-16H2,1H3,(H,23,28). The number of nitrogens with zero attached hydrogens (tertiary/aromatic N) is 3. The number of benzene rings is 1. The van der Waals surface area contributed by atoms with E-state index < -0.39 is 0 Å². The smallest absolute Gasteiger partial charge is 0.225 e. The topological polar surface area (TPSA) is 55.9 Å². The number of likely N-dealkylation sites (tertiary alicyclic amines) is 1. The molecule has 2 heterocycles. The summed E-state index contributed by atoms with van der Waals surface area (Å²) in [6.07, 6.45) is 3.57. The van der Waals surface area contributed by atoms with Crippen molar-refractivity contribution in [2.24, 2.45) is 5.92 Å². The van der Waals surface area contributed by atoms with Gasteiger partial charge in [0.1, 0.15) is 0 Å². The molecule has 1 aromatic rings. The number of anilines is 1. The van der Waals surface area contributed by atoms with Gasteiger partial charge in [0, 0.05) is 57.4 Å². The van der Waals surface area contributed by atoms with Crippen molar-refractivity contribution < 1.29 is 9.59 Å². The van der Waals surface area contributed by atoms with E-state index >= 15 is 0 Å². The molecule has 0 spiro atoms. The summed E-state index contributed by atoms with van der Waals surface area (Å²) in [5.41, 5.74) is 2.62. The van der Waals surface area contributed by atoms with Gasteiger partial charge in [0.25, 0.3) is 0 Å². The lowest BCUT2D eigenvalue weighted by atomic mass is 10.1. The molecule has 1 unspecified atom stereocenters. The highest BCUT2D eigenvalue weighted by molar-refractivity contribution is 5.89. The van der Waals surface area contributed by atoms with Gasteiger partial charge in [0.15, 0.2) is 0 Å². The summed E-state index contributed by atoms with van der Waals surface area (Å²) < 4.78 is 0. The first kappa shape index (κ1) is 19.2. The van der Waals surface area contributed by atoms with E-state index in [1.807, 2.05) is 4.90 Å². The number of carbonyl (C=O) groups excluding carboxylic acids is 2. The van der Waals surface area contributed by atoms with Gasteiger partial charge in [-0.25, -0.2) is 0 Å². The third-order valence-electron chi connectivity index (χ3n) is 6.21. The Morgan fingerprint density at radius 3 is 2.68 bits per heavy atom. The normalized spacial score (nSPS) is 23.3. The molecule has 4 rings (SSSR count). The third-order valence-corrected chi connectivity index (χ3v) is 6.21. The minimum absolute atomic E-state index is 0.0563. The van der Waals surface area contributed by atoms with Crippen LogP contribution in [0.25, 0.3) is 0 Å². The maximum Gasteiger partial charge on any atom is 0.225 e. The molecule has 6 nitrogen and oxygen atoms in total. The fraction of sp³-hybridized carbons (Fsp3) is 0.636. The van der Waals surface area contributed by atoms with E-state index in [0.29, 0.717) is 25.6 Å². The Morgan fingerprint density at radius 2 is 1.96 bits per heavy atom. The van der Waals surface area contributed by atoms with Crippen LogP contribution in [0.1, 0.15) is 31.2 Å². The molecule has 1 aromatic carbocycles. The number of rotatable bonds is 7. The zero-order valence-corrected chi connectivity index (χ0v) is 16.9. The maximum atomic E-state index is 12.3. The van der Waals surface area contributed by atoms with Gasteiger partial charge in [-0.05, 0) is 50.4 Å². The SMILES string of the molecule is Cc1cccc(N2CCN(CCCNC(=O)C3CC(=O)N(C4CC4)C3)CC2)c1. The Hall–Kier alpha value is -2.08. The Kier molecular flexibility index (Phi) is 5.85. The molecule has 28 heavy (non-hydrogen) atoms. The summed E-state index contributed by atoms with van der Waals surface area (Å²) in [5.74, 6) is 0.0703. The molecule has 2 aliphatic heterocycles. The van der Waals surface area contributed by atoms with Crippen LogP contribution in [0.5, 0.6) is 0 Å². The number of nitrogens with one attached hydrogen (secondary N) is 1. The van der Waals surface area contributed by atoms with Crippen LogP contribution in [0, 0.1) is 12.8 Å². The number of hydrogen-bond donors (Lipinski definition) is 1. The largest absolute Gasteiger partial charge is 0.369 e. The van der Waals surface area contributed by atoms with Crippen molar-refractivity contribution in [3.63, 3.8) is 0 Å². The second-order valence-electron chi connectivity index (χ2n) is 8.49. The van der Waals surface area contributed by atoms with Crippen LogP contribution in [-0.4, -0.2) is 73.5 Å². The molecule has 2 saturated heterocycles. The van der Waals surface area contributed by atoms with E-state index in [9.17, 15) is 9.59 Å². The summed E-state index contributed by atoms with van der Waals surface area (Å²) in [7, 11) is 0. The number of aryl methyl sites for hydroxylation is 1. The van der Waals surface area contributed by atoms with Gasteiger partial charge in [0.2, 0.25) is 11.8 Å². The second-order valence-corrected chi connectivity index (χ2v) is 8.49. The van der Waals surface area contributed by atoms with Crippen LogP contribution >= 0.6 is 0 Å². The predicted molar refractivity (Wildman–Crippen MR) is 110 cm³/mol. The number of amides is 2. The highest BCUT2D eigenvalue weighted by Gasteiger charge is 2.41. The fourth-order valence-electron chi connectivity index (χ4n) is 4.36. The van der Waals surface area contributed by atoms with E-state index in [0.717, 1.165) is 52.0 Å². The van der Waals surface area contributed by atoms with Gasteiger partial charge >= 0.3 is 0 Å². The fourth-order valence-corrected chi connectivity index (χ4v) is 4.36. The third kappa shape index (κ3) is 4.66. The Bertz CT molecular complexity index is 710. The van der Waals surface area contributed by atoms with Crippen molar-refractivity contribution in [2.75, 3.05) is 50.7 Å². The van der Waals surface area contributed by atoms with Gasteiger partial charge in [-0.15, -0.1) is 0 Å². The molecule has 2 amide bonds. The molecule has 3 fully saturated rings. The lowest BCUT2D eigenvalue weighted by Crippen LogP contribution is -2.47. The minimum Gasteiger partial charge on any atom is -0.369 e. The predicted octanol–water partition coefficient (Wildman–Crippen LogP) is 1.63. The number of hydrogen-bond acceptors (Lipinski definition) is 4. The average Bonchev–Trinajstić information content (AvgIpc) is 3.47. The van der Waals surface area contributed by atoms with Crippen molar-refractivity contribution in [2.45, 2.75) is 38.6 Å². The molecular formula is C22H32N4O2. The van der Waals surface area contributed by atoms with Crippen LogP contribution in [0.4, 0.5) is 5.69 Å². The van der Waals surface area contributed by atoms with Crippen LogP contribution in [0.2, 0.25) is 0 Å². The molecule has 1 N–H and O–H groups in total. The van der Waals surface area contributed by atoms with Crippen LogP contribution in [-0.2, 0) is 9.59 Å². The molecule has 1 aliphatic carbocycles. The molecule has 152 valence electrons. The minimum atomic E-state index is -0.147. The van der Waals surface area contributed by atoms with Crippen LogP contribution < -0.4 is 10.2 Å². The van der Waals surface area contributed by atoms with Crippen molar-refractivity contribution >= 4 is 17.5 Å². The molecule has 0 bridgehead atoms. The highest BCUT2D eigenvalue weighted by atomic mass is 16.2. The molecular weight excluding hydrogens is 352 g/mol. The van der Waals surface area contributed by atoms with Crippen molar-refractivity contribution in [3.8, 4) is 0 Å². The summed E-state index contributed by atoms with van der Waals surface area (Å²) in [6, 6.07) is 9.13. The van der Waals surface area contributed by atoms with E-state index in [4.69, 9.17) is 0 Å².